The van der Waals surface area contributed by atoms with Gasteiger partial charge >= 0.3 is 9.24 Å². The van der Waals surface area contributed by atoms with E-state index >= 15 is 0 Å². The van der Waals surface area contributed by atoms with Gasteiger partial charge in [-0.3, -0.25) is 4.72 Å². The zero-order valence-corrected chi connectivity index (χ0v) is 9.83. The first-order valence-corrected chi connectivity index (χ1v) is 6.41. The largest absolute Gasteiger partial charge is 0.319 e. The van der Waals surface area contributed by atoms with E-state index in [1.54, 1.807) is 0 Å². The standard InChI is InChI=1S/C9H12ClNO2S/c1-6-4-7(2)9(8(3)5-6)11-14(10,12)13/h4-5,11H,1-3H3. The van der Waals surface area contributed by atoms with Gasteiger partial charge in [-0.25, -0.2) is 0 Å². The van der Waals surface area contributed by atoms with Gasteiger partial charge in [0.1, 0.15) is 0 Å². The van der Waals surface area contributed by atoms with Crippen LogP contribution in [0, 0.1) is 20.8 Å². The normalized spacial score (nSPS) is 11.4. The summed E-state index contributed by atoms with van der Waals surface area (Å²) in [4.78, 5) is 0. The smallest absolute Gasteiger partial charge is 0.270 e. The molecule has 0 amide bonds. The fourth-order valence-electron chi connectivity index (χ4n) is 1.46. The fourth-order valence-corrected chi connectivity index (χ4v) is 2.26. The van der Waals surface area contributed by atoms with Gasteiger partial charge in [-0.1, -0.05) is 17.7 Å². The molecule has 1 rings (SSSR count). The van der Waals surface area contributed by atoms with Gasteiger partial charge in [-0.2, -0.15) is 8.42 Å². The first-order chi connectivity index (χ1) is 6.29. The Labute approximate surface area is 88.6 Å². The van der Waals surface area contributed by atoms with Gasteiger partial charge in [-0.15, -0.1) is 0 Å². The number of aryl methyl sites for hydroxylation is 3. The van der Waals surface area contributed by atoms with Gasteiger partial charge in [0.2, 0.25) is 0 Å². The summed E-state index contributed by atoms with van der Waals surface area (Å²) in [7, 11) is 1.40. The number of hydrogen-bond acceptors (Lipinski definition) is 2. The summed E-state index contributed by atoms with van der Waals surface area (Å²) in [5.74, 6) is 0. The minimum Gasteiger partial charge on any atom is -0.270 e. The zero-order valence-electron chi connectivity index (χ0n) is 8.26. The lowest BCUT2D eigenvalue weighted by Gasteiger charge is -2.10. The summed E-state index contributed by atoms with van der Waals surface area (Å²) in [5.41, 5.74) is 3.39. The van der Waals surface area contributed by atoms with Crippen LogP contribution >= 0.6 is 10.7 Å². The highest BCUT2D eigenvalue weighted by Crippen LogP contribution is 2.23. The van der Waals surface area contributed by atoms with Crippen LogP contribution in [0.5, 0.6) is 0 Å². The van der Waals surface area contributed by atoms with Gasteiger partial charge in [0.05, 0.1) is 5.69 Å². The number of nitrogens with one attached hydrogen (secondary N) is 1. The third kappa shape index (κ3) is 2.89. The zero-order chi connectivity index (χ0) is 10.9. The molecule has 0 aliphatic carbocycles. The van der Waals surface area contributed by atoms with Crippen LogP contribution in [0.25, 0.3) is 0 Å². The lowest BCUT2D eigenvalue weighted by Crippen LogP contribution is -2.07. The predicted molar refractivity (Wildman–Crippen MR) is 59.0 cm³/mol. The molecule has 0 fully saturated rings. The number of anilines is 1. The highest BCUT2D eigenvalue weighted by molar-refractivity contribution is 8.14. The van der Waals surface area contributed by atoms with Crippen LogP contribution < -0.4 is 4.72 Å². The van der Waals surface area contributed by atoms with Crippen molar-refractivity contribution in [2.75, 3.05) is 4.72 Å². The van der Waals surface area contributed by atoms with Crippen LogP contribution in [0.1, 0.15) is 16.7 Å². The highest BCUT2D eigenvalue weighted by atomic mass is 35.7. The van der Waals surface area contributed by atoms with E-state index in [4.69, 9.17) is 10.7 Å². The summed E-state index contributed by atoms with van der Waals surface area (Å²) >= 11 is 0. The Kier molecular flexibility index (Phi) is 3.07. The number of benzene rings is 1. The van der Waals surface area contributed by atoms with E-state index in [-0.39, 0.29) is 0 Å². The van der Waals surface area contributed by atoms with Crippen molar-refractivity contribution in [1.82, 2.24) is 0 Å². The molecular weight excluding hydrogens is 222 g/mol. The Hall–Kier alpha value is -0.740. The summed E-state index contributed by atoms with van der Waals surface area (Å²) in [6, 6.07) is 3.80. The summed E-state index contributed by atoms with van der Waals surface area (Å²) in [6.07, 6.45) is 0. The number of halogens is 1. The van der Waals surface area contributed by atoms with E-state index in [1.165, 1.54) is 0 Å². The van der Waals surface area contributed by atoms with Gasteiger partial charge in [-0.05, 0) is 31.9 Å². The van der Waals surface area contributed by atoms with Gasteiger partial charge in [0.25, 0.3) is 0 Å². The quantitative estimate of drug-likeness (QED) is 0.798. The topological polar surface area (TPSA) is 46.2 Å². The lowest BCUT2D eigenvalue weighted by atomic mass is 10.1. The molecule has 0 atom stereocenters. The highest BCUT2D eigenvalue weighted by Gasteiger charge is 2.09. The molecule has 0 saturated heterocycles. The predicted octanol–water partition coefficient (Wildman–Crippen LogP) is 2.51. The third-order valence-electron chi connectivity index (χ3n) is 1.90. The van der Waals surface area contributed by atoms with Gasteiger partial charge < -0.3 is 0 Å². The number of rotatable bonds is 2. The Bertz CT molecular complexity index is 431. The minimum atomic E-state index is -3.71. The molecule has 1 N–H and O–H groups in total. The lowest BCUT2D eigenvalue weighted by molar-refractivity contribution is 0.614. The Morgan fingerprint density at radius 3 is 1.93 bits per heavy atom. The molecule has 0 radical (unpaired) electrons. The molecule has 1 aromatic carbocycles. The first-order valence-electron chi connectivity index (χ1n) is 4.10. The van der Waals surface area contributed by atoms with Crippen LogP contribution in [0.4, 0.5) is 5.69 Å². The van der Waals surface area contributed by atoms with Crippen molar-refractivity contribution in [3.8, 4) is 0 Å². The van der Waals surface area contributed by atoms with Crippen molar-refractivity contribution in [2.45, 2.75) is 20.8 Å². The first kappa shape index (κ1) is 11.3. The van der Waals surface area contributed by atoms with Crippen LogP contribution in [0.3, 0.4) is 0 Å². The molecule has 0 aliphatic heterocycles. The van der Waals surface area contributed by atoms with E-state index in [9.17, 15) is 8.42 Å². The number of hydrogen-bond donors (Lipinski definition) is 1. The molecule has 0 aromatic heterocycles. The molecule has 0 heterocycles. The fraction of sp³-hybridized carbons (Fsp3) is 0.333. The molecule has 1 aromatic rings. The Morgan fingerprint density at radius 1 is 1.14 bits per heavy atom. The Morgan fingerprint density at radius 2 is 1.57 bits per heavy atom. The SMILES string of the molecule is Cc1cc(C)c(NS(=O)(=O)Cl)c(C)c1. The second-order valence-electron chi connectivity index (χ2n) is 3.31. The molecule has 0 bridgehead atoms. The van der Waals surface area contributed by atoms with Crippen molar-refractivity contribution in [2.24, 2.45) is 0 Å². The Balaban J connectivity index is 3.22. The second-order valence-corrected chi connectivity index (χ2v) is 5.61. The van der Waals surface area contributed by atoms with Crippen molar-refractivity contribution in [3.05, 3.63) is 28.8 Å². The van der Waals surface area contributed by atoms with Crippen LogP contribution in [0.2, 0.25) is 0 Å². The second kappa shape index (κ2) is 3.79. The van der Waals surface area contributed by atoms with E-state index < -0.39 is 9.24 Å². The molecule has 0 spiro atoms. The van der Waals surface area contributed by atoms with Crippen molar-refractivity contribution in [1.29, 1.82) is 0 Å². The molecule has 3 nitrogen and oxygen atoms in total. The van der Waals surface area contributed by atoms with Crippen molar-refractivity contribution >= 4 is 25.6 Å². The van der Waals surface area contributed by atoms with Crippen LogP contribution in [-0.2, 0) is 9.24 Å². The third-order valence-corrected chi connectivity index (χ3v) is 2.58. The molecule has 5 heteroatoms. The van der Waals surface area contributed by atoms with Gasteiger partial charge in [0, 0.05) is 10.7 Å². The van der Waals surface area contributed by atoms with E-state index in [2.05, 4.69) is 4.72 Å². The summed E-state index contributed by atoms with van der Waals surface area (Å²) in [5, 5.41) is 0. The molecule has 78 valence electrons. The maximum absolute atomic E-state index is 10.8. The van der Waals surface area contributed by atoms with Crippen LogP contribution in [-0.4, -0.2) is 8.42 Å². The molecule has 0 saturated carbocycles. The molecule has 0 unspecified atom stereocenters. The van der Waals surface area contributed by atoms with E-state index in [1.807, 2.05) is 32.9 Å². The average molecular weight is 234 g/mol. The van der Waals surface area contributed by atoms with Crippen LogP contribution in [0.15, 0.2) is 12.1 Å². The molecular formula is C9H12ClNO2S. The summed E-state index contributed by atoms with van der Waals surface area (Å²) < 4.78 is 24.0. The van der Waals surface area contributed by atoms with E-state index in [0.717, 1.165) is 16.7 Å². The van der Waals surface area contributed by atoms with Crippen molar-refractivity contribution in [3.63, 3.8) is 0 Å². The van der Waals surface area contributed by atoms with Crippen molar-refractivity contribution < 1.29 is 8.42 Å². The monoisotopic (exact) mass is 233 g/mol. The van der Waals surface area contributed by atoms with E-state index in [0.29, 0.717) is 5.69 Å². The van der Waals surface area contributed by atoms with Gasteiger partial charge in [0.15, 0.2) is 0 Å². The molecule has 14 heavy (non-hydrogen) atoms. The average Bonchev–Trinajstić information content (AvgIpc) is 1.95. The minimum absolute atomic E-state index is 0.561. The summed E-state index contributed by atoms with van der Waals surface area (Å²) in [6.45, 7) is 5.63. The maximum Gasteiger partial charge on any atom is 0.319 e. The maximum atomic E-state index is 10.8. The molecule has 0 aliphatic rings.